The highest BCUT2D eigenvalue weighted by atomic mass is 16.5. The number of aromatic nitrogens is 2. The third-order valence-electron chi connectivity index (χ3n) is 4.43. The monoisotopic (exact) mass is 292 g/mol. The number of hydrogen-bond donors (Lipinski definition) is 0. The van der Waals surface area contributed by atoms with E-state index in [0.717, 1.165) is 50.8 Å². The number of rotatable bonds is 4. The maximum absolute atomic E-state index is 5.84. The smallest absolute Gasteiger partial charge is 0.225 e. The van der Waals surface area contributed by atoms with Crippen LogP contribution < -0.4 is 4.90 Å². The highest BCUT2D eigenvalue weighted by molar-refractivity contribution is 5.37. The van der Waals surface area contributed by atoms with Crippen LogP contribution in [0.25, 0.3) is 0 Å². The molecule has 1 aromatic heterocycles. The summed E-state index contributed by atoms with van der Waals surface area (Å²) in [6.45, 7) is 5.20. The zero-order valence-electron chi connectivity index (χ0n) is 13.1. The Kier molecular flexibility index (Phi) is 4.10. The molecule has 1 spiro atoms. The van der Waals surface area contributed by atoms with Gasteiger partial charge in [0.15, 0.2) is 0 Å². The quantitative estimate of drug-likeness (QED) is 0.813. The van der Waals surface area contributed by atoms with Crippen molar-refractivity contribution in [3.8, 4) is 0 Å². The van der Waals surface area contributed by atoms with Crippen molar-refractivity contribution in [2.75, 3.05) is 59.0 Å². The van der Waals surface area contributed by atoms with Crippen molar-refractivity contribution in [2.24, 2.45) is 0 Å². The van der Waals surface area contributed by atoms with Crippen molar-refractivity contribution in [3.05, 3.63) is 17.5 Å². The summed E-state index contributed by atoms with van der Waals surface area (Å²) in [7, 11) is 5.71. The van der Waals surface area contributed by atoms with E-state index in [0.29, 0.717) is 6.61 Å². The van der Waals surface area contributed by atoms with Gasteiger partial charge in [-0.05, 0) is 13.0 Å². The molecule has 0 saturated carbocycles. The highest BCUT2D eigenvalue weighted by Gasteiger charge is 2.44. The summed E-state index contributed by atoms with van der Waals surface area (Å²) >= 11 is 0. The fraction of sp³-hybridized carbons (Fsp3) is 0.733. The maximum atomic E-state index is 5.84. The van der Waals surface area contributed by atoms with Gasteiger partial charge in [0.25, 0.3) is 0 Å². The van der Waals surface area contributed by atoms with Gasteiger partial charge in [-0.3, -0.25) is 4.90 Å². The molecule has 1 fully saturated rings. The Balaban J connectivity index is 1.87. The van der Waals surface area contributed by atoms with Crippen molar-refractivity contribution in [3.63, 3.8) is 0 Å². The minimum absolute atomic E-state index is 0.0228. The second-order valence-electron chi connectivity index (χ2n) is 6.23. The number of ether oxygens (including phenoxy) is 2. The van der Waals surface area contributed by atoms with Crippen LogP contribution in [0.5, 0.6) is 0 Å². The molecular weight excluding hydrogens is 268 g/mol. The number of anilines is 1. The molecule has 2 aliphatic heterocycles. The first-order chi connectivity index (χ1) is 10.1. The average molecular weight is 292 g/mol. The van der Waals surface area contributed by atoms with Gasteiger partial charge in [-0.1, -0.05) is 0 Å². The second-order valence-corrected chi connectivity index (χ2v) is 6.23. The predicted molar refractivity (Wildman–Crippen MR) is 80.6 cm³/mol. The Morgan fingerprint density at radius 1 is 1.48 bits per heavy atom. The Morgan fingerprint density at radius 2 is 2.33 bits per heavy atom. The number of fused-ring (bicyclic) bond motifs is 2. The number of methoxy groups -OCH3 is 1. The second kappa shape index (κ2) is 5.87. The zero-order valence-corrected chi connectivity index (χ0v) is 13.1. The van der Waals surface area contributed by atoms with Crippen LogP contribution in [0.15, 0.2) is 6.20 Å². The van der Waals surface area contributed by atoms with Crippen LogP contribution >= 0.6 is 0 Å². The van der Waals surface area contributed by atoms with Crippen molar-refractivity contribution >= 4 is 5.95 Å². The molecule has 1 atom stereocenters. The largest absolute Gasteiger partial charge is 0.383 e. The molecule has 0 bridgehead atoms. The predicted octanol–water partition coefficient (Wildman–Crippen LogP) is 0.663. The molecule has 3 heterocycles. The van der Waals surface area contributed by atoms with Crippen molar-refractivity contribution in [1.82, 2.24) is 14.9 Å². The van der Waals surface area contributed by atoms with Gasteiger partial charge in [-0.15, -0.1) is 0 Å². The van der Waals surface area contributed by atoms with Gasteiger partial charge >= 0.3 is 0 Å². The first-order valence-electron chi connectivity index (χ1n) is 7.47. The summed E-state index contributed by atoms with van der Waals surface area (Å²) in [6, 6.07) is 0. The molecule has 1 unspecified atom stereocenters. The molecule has 2 aliphatic rings. The van der Waals surface area contributed by atoms with E-state index in [1.807, 2.05) is 25.2 Å². The van der Waals surface area contributed by atoms with E-state index in [2.05, 4.69) is 9.88 Å². The first kappa shape index (κ1) is 14.7. The van der Waals surface area contributed by atoms with Gasteiger partial charge < -0.3 is 14.4 Å². The third kappa shape index (κ3) is 2.75. The third-order valence-corrected chi connectivity index (χ3v) is 4.43. The van der Waals surface area contributed by atoms with E-state index in [-0.39, 0.29) is 5.41 Å². The normalized spacial score (nSPS) is 25.3. The minimum Gasteiger partial charge on any atom is -0.383 e. The minimum atomic E-state index is 0.0228. The summed E-state index contributed by atoms with van der Waals surface area (Å²) in [5, 5.41) is 0. The van der Waals surface area contributed by atoms with Crippen LogP contribution in [0, 0.1) is 0 Å². The lowest BCUT2D eigenvalue weighted by Crippen LogP contribution is -2.41. The van der Waals surface area contributed by atoms with E-state index in [1.165, 1.54) is 5.69 Å². The van der Waals surface area contributed by atoms with Crippen molar-refractivity contribution < 1.29 is 9.47 Å². The molecule has 3 rings (SSSR count). The molecule has 21 heavy (non-hydrogen) atoms. The molecule has 0 N–H and O–H groups in total. The first-order valence-corrected chi connectivity index (χ1v) is 7.47. The van der Waals surface area contributed by atoms with Crippen LogP contribution in [0.4, 0.5) is 5.95 Å². The van der Waals surface area contributed by atoms with E-state index in [9.17, 15) is 0 Å². The lowest BCUT2D eigenvalue weighted by Gasteiger charge is -2.34. The SMILES string of the molecule is COCCN1CCC2(COCc3cnc(N(C)C)nc32)C1. The molecule has 0 amide bonds. The number of hydrogen-bond acceptors (Lipinski definition) is 6. The Morgan fingerprint density at radius 3 is 3.10 bits per heavy atom. The summed E-state index contributed by atoms with van der Waals surface area (Å²) < 4.78 is 11.0. The van der Waals surface area contributed by atoms with Crippen molar-refractivity contribution in [1.29, 1.82) is 0 Å². The van der Waals surface area contributed by atoms with Gasteiger partial charge in [-0.25, -0.2) is 9.97 Å². The molecule has 0 radical (unpaired) electrons. The fourth-order valence-corrected chi connectivity index (χ4v) is 3.28. The van der Waals surface area contributed by atoms with Crippen molar-refractivity contribution in [2.45, 2.75) is 18.4 Å². The number of nitrogens with zero attached hydrogens (tertiary/aromatic N) is 4. The van der Waals surface area contributed by atoms with E-state index in [4.69, 9.17) is 14.5 Å². The lowest BCUT2D eigenvalue weighted by atomic mass is 9.80. The van der Waals surface area contributed by atoms with E-state index in [1.54, 1.807) is 7.11 Å². The highest BCUT2D eigenvalue weighted by Crippen LogP contribution is 2.39. The van der Waals surface area contributed by atoms with Crippen LogP contribution in [-0.4, -0.2) is 68.9 Å². The standard InChI is InChI=1S/C15H24N4O2/c1-18(2)14-16-8-12-9-21-11-15(13(12)17-14)4-5-19(10-15)6-7-20-3/h8H,4-7,9-11H2,1-3H3. The average Bonchev–Trinajstić information content (AvgIpc) is 2.89. The Labute approximate surface area is 126 Å². The summed E-state index contributed by atoms with van der Waals surface area (Å²) in [5.41, 5.74) is 2.35. The fourth-order valence-electron chi connectivity index (χ4n) is 3.28. The molecule has 0 aliphatic carbocycles. The molecule has 116 valence electrons. The molecule has 1 aromatic rings. The van der Waals surface area contributed by atoms with E-state index < -0.39 is 0 Å². The molecular formula is C15H24N4O2. The van der Waals surface area contributed by atoms with Gasteiger partial charge in [0, 0.05) is 46.1 Å². The molecule has 6 nitrogen and oxygen atoms in total. The zero-order chi connectivity index (χ0) is 14.9. The van der Waals surface area contributed by atoms with Crippen LogP contribution in [0.1, 0.15) is 17.7 Å². The molecule has 0 aromatic carbocycles. The summed E-state index contributed by atoms with van der Waals surface area (Å²) in [4.78, 5) is 13.7. The maximum Gasteiger partial charge on any atom is 0.225 e. The number of likely N-dealkylation sites (tertiary alicyclic amines) is 1. The topological polar surface area (TPSA) is 50.7 Å². The van der Waals surface area contributed by atoms with Crippen LogP contribution in [0.3, 0.4) is 0 Å². The van der Waals surface area contributed by atoms with Gasteiger partial charge in [0.05, 0.1) is 30.9 Å². The van der Waals surface area contributed by atoms with E-state index >= 15 is 0 Å². The molecule has 1 saturated heterocycles. The summed E-state index contributed by atoms with van der Waals surface area (Å²) in [5.74, 6) is 0.783. The van der Waals surface area contributed by atoms with Gasteiger partial charge in [0.1, 0.15) is 0 Å². The van der Waals surface area contributed by atoms with Gasteiger partial charge in [0.2, 0.25) is 5.95 Å². The van der Waals surface area contributed by atoms with Gasteiger partial charge in [-0.2, -0.15) is 0 Å². The molecule has 6 heteroatoms. The van der Waals surface area contributed by atoms with Crippen LogP contribution in [-0.2, 0) is 21.5 Å². The van der Waals surface area contributed by atoms with Crippen LogP contribution in [0.2, 0.25) is 0 Å². The summed E-state index contributed by atoms with van der Waals surface area (Å²) in [6.07, 6.45) is 3.02. The Bertz CT molecular complexity index is 508. The Hall–Kier alpha value is -1.24. The lowest BCUT2D eigenvalue weighted by molar-refractivity contribution is 0.0492.